The topological polar surface area (TPSA) is 26.5 Å². The van der Waals surface area contributed by atoms with Gasteiger partial charge in [-0.2, -0.15) is 0 Å². The van der Waals surface area contributed by atoms with Gasteiger partial charge >= 0.3 is 0 Å². The third-order valence-corrected chi connectivity index (χ3v) is 8.89. The van der Waals surface area contributed by atoms with Crippen LogP contribution in [0.1, 0.15) is 61.9 Å². The summed E-state index contributed by atoms with van der Waals surface area (Å²) < 4.78 is 9.04. The summed E-state index contributed by atoms with van der Waals surface area (Å²) in [6, 6.07) is 15.1. The van der Waals surface area contributed by atoms with Gasteiger partial charge in [-0.25, -0.2) is 4.99 Å². The second kappa shape index (κ2) is 15.5. The first-order chi connectivity index (χ1) is 24.1. The van der Waals surface area contributed by atoms with Gasteiger partial charge in [0.1, 0.15) is 11.5 Å². The minimum Gasteiger partial charge on any atom is -0.461 e. The van der Waals surface area contributed by atoms with E-state index in [1.165, 1.54) is 22.0 Å². The van der Waals surface area contributed by atoms with Crippen molar-refractivity contribution in [2.45, 2.75) is 39.5 Å². The van der Waals surface area contributed by atoms with Crippen LogP contribution in [0.25, 0.3) is 28.8 Å². The highest BCUT2D eigenvalue weighted by Gasteiger charge is 2.32. The molecule has 0 N–H and O–H groups in total. The van der Waals surface area contributed by atoms with Crippen molar-refractivity contribution in [1.82, 2.24) is 4.57 Å². The molecule has 244 valence electrons. The zero-order valence-electron chi connectivity index (χ0n) is 28.7. The third-order valence-electron chi connectivity index (χ3n) is 8.89. The van der Waals surface area contributed by atoms with Crippen molar-refractivity contribution in [1.29, 1.82) is 0 Å². The van der Waals surface area contributed by atoms with Crippen LogP contribution < -0.4 is 4.74 Å². The normalized spacial score (nSPS) is 18.1. The van der Waals surface area contributed by atoms with Crippen LogP contribution in [0.15, 0.2) is 175 Å². The standard InChI is InChI=1S/C46H44N2O/c1-6-10-12-13-14-23-43-38(18-8-3)39-21-15-16-24-44(39)48(43)37-28-30-41-40-29-27-36(31-45(40)49-46(41)32-37)42(22-17-19-34-25-26-34)47-33(5)35(9-4)20-11-7-2/h6-18,20-29,31-32,34,41H,2,5,19,30H2,1,3-4H3/b10-6-,13-12-,18-8+,20-11-,22-17+,23-14-,35-9+,47-42-. The number of benzene rings is 2. The van der Waals surface area contributed by atoms with E-state index in [1.807, 2.05) is 44.2 Å². The molecule has 3 nitrogen and oxygen atoms in total. The summed E-state index contributed by atoms with van der Waals surface area (Å²) in [5.41, 5.74) is 9.36. The van der Waals surface area contributed by atoms with E-state index in [1.54, 1.807) is 6.08 Å². The molecule has 3 aliphatic rings. The van der Waals surface area contributed by atoms with E-state index in [0.717, 1.165) is 52.6 Å². The zero-order chi connectivity index (χ0) is 34.2. The Morgan fingerprint density at radius 1 is 0.959 bits per heavy atom. The highest BCUT2D eigenvalue weighted by Crippen LogP contribution is 2.47. The van der Waals surface area contributed by atoms with E-state index in [2.05, 4.69) is 140 Å². The van der Waals surface area contributed by atoms with Crippen LogP contribution in [0.4, 0.5) is 0 Å². The first kappa shape index (κ1) is 33.2. The van der Waals surface area contributed by atoms with Gasteiger partial charge in [-0.15, -0.1) is 0 Å². The van der Waals surface area contributed by atoms with Crippen molar-refractivity contribution >= 4 is 34.5 Å². The number of hydrogen-bond donors (Lipinski definition) is 0. The predicted molar refractivity (Wildman–Crippen MR) is 212 cm³/mol. The van der Waals surface area contributed by atoms with E-state index in [9.17, 15) is 0 Å². The summed E-state index contributed by atoms with van der Waals surface area (Å²) in [7, 11) is 0. The number of aromatic nitrogens is 1. The quantitative estimate of drug-likeness (QED) is 0.104. The Bertz CT molecular complexity index is 2100. The maximum absolute atomic E-state index is 6.68. The van der Waals surface area contributed by atoms with Gasteiger partial charge in [0.05, 0.1) is 22.6 Å². The molecule has 2 heterocycles. The van der Waals surface area contributed by atoms with Crippen LogP contribution in [0.5, 0.6) is 5.75 Å². The lowest BCUT2D eigenvalue weighted by molar-refractivity contribution is 0.425. The van der Waals surface area contributed by atoms with Gasteiger partial charge in [0, 0.05) is 39.8 Å². The summed E-state index contributed by atoms with van der Waals surface area (Å²) in [4.78, 5) is 5.01. The lowest BCUT2D eigenvalue weighted by atomic mass is 9.90. The van der Waals surface area contributed by atoms with E-state index < -0.39 is 0 Å². The molecule has 1 aliphatic heterocycles. The Kier molecular flexibility index (Phi) is 10.5. The number of rotatable bonds is 13. The van der Waals surface area contributed by atoms with Gasteiger partial charge < -0.3 is 9.30 Å². The molecule has 0 fully saturated rings. The molecule has 6 rings (SSSR count). The summed E-state index contributed by atoms with van der Waals surface area (Å²) >= 11 is 0. The molecule has 0 amide bonds. The SMILES string of the molecule is C=C/C=C\C(=C/C)C(=C)/N=C(/C=C/CC1C=C1)c1ccc2c(c1)OC1=CC(n3c(\C=C/C=C\C=C/C)c(/C=C/C)c4ccccc43)=CCC12. The molecule has 0 saturated carbocycles. The van der Waals surface area contributed by atoms with Crippen LogP contribution in [0.2, 0.25) is 0 Å². The molecule has 49 heavy (non-hydrogen) atoms. The largest absolute Gasteiger partial charge is 0.461 e. The molecule has 0 bridgehead atoms. The smallest absolute Gasteiger partial charge is 0.131 e. The summed E-state index contributed by atoms with van der Waals surface area (Å²) in [6.45, 7) is 14.2. The summed E-state index contributed by atoms with van der Waals surface area (Å²) in [5, 5.41) is 1.22. The van der Waals surface area contributed by atoms with E-state index in [0.29, 0.717) is 11.6 Å². The van der Waals surface area contributed by atoms with Crippen molar-refractivity contribution in [3.63, 3.8) is 0 Å². The lowest BCUT2D eigenvalue weighted by Crippen LogP contribution is -2.07. The van der Waals surface area contributed by atoms with Gasteiger partial charge in [-0.05, 0) is 69.4 Å². The van der Waals surface area contributed by atoms with Crippen LogP contribution in [-0.4, -0.2) is 10.3 Å². The Hall–Kier alpha value is -5.67. The molecule has 1 atom stereocenters. The van der Waals surface area contributed by atoms with Crippen LogP contribution in [0, 0.1) is 5.92 Å². The molecular weight excluding hydrogens is 597 g/mol. The van der Waals surface area contributed by atoms with Gasteiger partial charge in [-0.1, -0.05) is 135 Å². The molecule has 2 aromatic carbocycles. The molecule has 0 spiro atoms. The Morgan fingerprint density at radius 3 is 2.57 bits per heavy atom. The molecule has 0 saturated heterocycles. The molecule has 0 radical (unpaired) electrons. The van der Waals surface area contributed by atoms with Crippen molar-refractivity contribution < 1.29 is 4.74 Å². The fourth-order valence-corrected chi connectivity index (χ4v) is 6.36. The highest BCUT2D eigenvalue weighted by molar-refractivity contribution is 6.09. The van der Waals surface area contributed by atoms with Gasteiger partial charge in [-0.3, -0.25) is 0 Å². The molecule has 2 aliphatic carbocycles. The van der Waals surface area contributed by atoms with Crippen LogP contribution in [0.3, 0.4) is 0 Å². The zero-order valence-corrected chi connectivity index (χ0v) is 28.7. The lowest BCUT2D eigenvalue weighted by Gasteiger charge is -2.19. The molecule has 1 aromatic heterocycles. The van der Waals surface area contributed by atoms with Crippen molar-refractivity contribution in [2.75, 3.05) is 0 Å². The van der Waals surface area contributed by atoms with Crippen LogP contribution in [-0.2, 0) is 0 Å². The monoisotopic (exact) mass is 640 g/mol. The number of hydrogen-bond acceptors (Lipinski definition) is 2. The summed E-state index contributed by atoms with van der Waals surface area (Å²) in [5.74, 6) is 2.59. The highest BCUT2D eigenvalue weighted by atomic mass is 16.5. The second-order valence-corrected chi connectivity index (χ2v) is 12.2. The molecule has 3 heteroatoms. The Balaban J connectivity index is 1.35. The van der Waals surface area contributed by atoms with E-state index in [4.69, 9.17) is 9.73 Å². The van der Waals surface area contributed by atoms with Gasteiger partial charge in [0.15, 0.2) is 0 Å². The number of nitrogens with zero attached hydrogens (tertiary/aromatic N) is 2. The second-order valence-electron chi connectivity index (χ2n) is 12.2. The maximum atomic E-state index is 6.68. The third kappa shape index (κ3) is 7.42. The Labute approximate surface area is 291 Å². The average Bonchev–Trinajstić information content (AvgIpc) is 3.80. The number of ether oxygens (including phenoxy) is 1. The van der Waals surface area contributed by atoms with Crippen LogP contribution >= 0.6 is 0 Å². The fourth-order valence-electron chi connectivity index (χ4n) is 6.36. The number of allylic oxidation sites excluding steroid dienone is 18. The first-order valence-electron chi connectivity index (χ1n) is 17.1. The minimum absolute atomic E-state index is 0.179. The fraction of sp³-hybridized carbons (Fsp3) is 0.152. The molecule has 1 unspecified atom stereocenters. The van der Waals surface area contributed by atoms with Gasteiger partial charge in [0.25, 0.3) is 0 Å². The van der Waals surface area contributed by atoms with Crippen molar-refractivity contribution in [3.05, 3.63) is 192 Å². The van der Waals surface area contributed by atoms with E-state index in [-0.39, 0.29) is 5.92 Å². The van der Waals surface area contributed by atoms with Gasteiger partial charge in [0.2, 0.25) is 0 Å². The number of aliphatic imine (C=N–C) groups is 1. The molecular formula is C46H44N2O. The predicted octanol–water partition coefficient (Wildman–Crippen LogP) is 12.2. The van der Waals surface area contributed by atoms with E-state index >= 15 is 0 Å². The Morgan fingerprint density at radius 2 is 1.80 bits per heavy atom. The summed E-state index contributed by atoms with van der Waals surface area (Å²) in [6.07, 6.45) is 39.6. The average molecular weight is 641 g/mol. The number of para-hydroxylation sites is 1. The number of fused-ring (bicyclic) bond motifs is 4. The van der Waals surface area contributed by atoms with Crippen molar-refractivity contribution in [2.24, 2.45) is 10.9 Å². The molecule has 3 aromatic rings. The minimum atomic E-state index is 0.179. The van der Waals surface area contributed by atoms with Crippen molar-refractivity contribution in [3.8, 4) is 5.75 Å². The maximum Gasteiger partial charge on any atom is 0.131 e. The first-order valence-corrected chi connectivity index (χ1v) is 17.1.